The van der Waals surface area contributed by atoms with Gasteiger partial charge in [0.1, 0.15) is 0 Å². The molecule has 3 rings (SSSR count). The first-order valence-electron chi connectivity index (χ1n) is 8.54. The minimum Gasteiger partial charge on any atom is -0.379 e. The number of hydrogen-bond donors (Lipinski definition) is 1. The van der Waals surface area contributed by atoms with Gasteiger partial charge in [-0.2, -0.15) is 0 Å². The SMILES string of the molecule is O=C(NCC(c1ccccc1)N1CCOCC1)c1ccc([N+](=O)[O-])cc1. The second-order valence-corrected chi connectivity index (χ2v) is 6.09. The van der Waals surface area contributed by atoms with Crippen molar-refractivity contribution in [3.05, 3.63) is 75.8 Å². The molecule has 0 bridgehead atoms. The molecule has 1 atom stereocenters. The van der Waals surface area contributed by atoms with Crippen LogP contribution in [0.1, 0.15) is 22.0 Å². The quantitative estimate of drug-likeness (QED) is 0.635. The van der Waals surface area contributed by atoms with E-state index in [1.54, 1.807) is 0 Å². The summed E-state index contributed by atoms with van der Waals surface area (Å²) in [5.41, 5.74) is 1.51. The Morgan fingerprint density at radius 3 is 2.38 bits per heavy atom. The summed E-state index contributed by atoms with van der Waals surface area (Å²) in [4.78, 5) is 25.0. The lowest BCUT2D eigenvalue weighted by Gasteiger charge is -2.35. The Kier molecular flexibility index (Phi) is 5.93. The summed E-state index contributed by atoms with van der Waals surface area (Å²) >= 11 is 0. The van der Waals surface area contributed by atoms with E-state index in [0.717, 1.165) is 18.7 Å². The van der Waals surface area contributed by atoms with Crippen molar-refractivity contribution < 1.29 is 14.5 Å². The smallest absolute Gasteiger partial charge is 0.269 e. The lowest BCUT2D eigenvalue weighted by atomic mass is 10.0. The van der Waals surface area contributed by atoms with Crippen LogP contribution in [0.15, 0.2) is 54.6 Å². The number of ether oxygens (including phenoxy) is 1. The fourth-order valence-corrected chi connectivity index (χ4v) is 3.05. The Labute approximate surface area is 151 Å². The molecule has 1 aliphatic heterocycles. The van der Waals surface area contributed by atoms with E-state index in [9.17, 15) is 14.9 Å². The molecule has 136 valence electrons. The number of carbonyl (C=O) groups excluding carboxylic acids is 1. The highest BCUT2D eigenvalue weighted by molar-refractivity contribution is 5.94. The van der Waals surface area contributed by atoms with Gasteiger partial charge in [0.25, 0.3) is 11.6 Å². The van der Waals surface area contributed by atoms with Gasteiger partial charge in [-0.15, -0.1) is 0 Å². The van der Waals surface area contributed by atoms with Crippen LogP contribution >= 0.6 is 0 Å². The van der Waals surface area contributed by atoms with Gasteiger partial charge in [-0.3, -0.25) is 19.8 Å². The third kappa shape index (κ3) is 4.44. The minimum absolute atomic E-state index is 0.0305. The van der Waals surface area contributed by atoms with Gasteiger partial charge in [-0.05, 0) is 17.7 Å². The third-order valence-electron chi connectivity index (χ3n) is 4.47. The topological polar surface area (TPSA) is 84.7 Å². The van der Waals surface area contributed by atoms with Crippen molar-refractivity contribution in [1.82, 2.24) is 10.2 Å². The molecule has 1 saturated heterocycles. The molecule has 1 aliphatic rings. The maximum Gasteiger partial charge on any atom is 0.269 e. The van der Waals surface area contributed by atoms with E-state index in [0.29, 0.717) is 25.3 Å². The van der Waals surface area contributed by atoms with Gasteiger partial charge >= 0.3 is 0 Å². The van der Waals surface area contributed by atoms with Gasteiger partial charge in [0.05, 0.1) is 24.2 Å². The van der Waals surface area contributed by atoms with Crippen molar-refractivity contribution in [3.8, 4) is 0 Å². The van der Waals surface area contributed by atoms with Gasteiger partial charge in [0, 0.05) is 37.3 Å². The molecule has 1 amide bonds. The number of nitro benzene ring substituents is 1. The molecular formula is C19H21N3O4. The van der Waals surface area contributed by atoms with E-state index in [1.807, 2.05) is 18.2 Å². The average molecular weight is 355 g/mol. The zero-order chi connectivity index (χ0) is 18.4. The number of morpholine rings is 1. The van der Waals surface area contributed by atoms with Crippen LogP contribution in [0.4, 0.5) is 5.69 Å². The molecule has 1 unspecified atom stereocenters. The van der Waals surface area contributed by atoms with Crippen LogP contribution in [0, 0.1) is 10.1 Å². The van der Waals surface area contributed by atoms with Crippen LogP contribution in [-0.4, -0.2) is 48.6 Å². The molecule has 7 nitrogen and oxygen atoms in total. The number of rotatable bonds is 6. The molecule has 0 spiro atoms. The molecule has 2 aromatic rings. The molecule has 0 aromatic heterocycles. The van der Waals surface area contributed by atoms with E-state index in [2.05, 4.69) is 22.3 Å². The van der Waals surface area contributed by atoms with Crippen LogP contribution in [-0.2, 0) is 4.74 Å². The second-order valence-electron chi connectivity index (χ2n) is 6.09. The molecule has 1 heterocycles. The van der Waals surface area contributed by atoms with Gasteiger partial charge in [0.2, 0.25) is 0 Å². The van der Waals surface area contributed by atoms with Crippen molar-refractivity contribution >= 4 is 11.6 Å². The Balaban J connectivity index is 1.68. The number of nitro groups is 1. The standard InChI is InChI=1S/C19H21N3O4/c23-19(16-6-8-17(9-7-16)22(24)25)20-14-18(15-4-2-1-3-5-15)21-10-12-26-13-11-21/h1-9,18H,10-14H2,(H,20,23). The molecule has 7 heteroatoms. The highest BCUT2D eigenvalue weighted by atomic mass is 16.6. The Bertz CT molecular complexity index is 743. The van der Waals surface area contributed by atoms with E-state index < -0.39 is 4.92 Å². The van der Waals surface area contributed by atoms with Crippen LogP contribution in [0.2, 0.25) is 0 Å². The van der Waals surface area contributed by atoms with Crippen molar-refractivity contribution in [2.75, 3.05) is 32.8 Å². The second kappa shape index (κ2) is 8.55. The predicted molar refractivity (Wildman–Crippen MR) is 97.0 cm³/mol. The monoisotopic (exact) mass is 355 g/mol. The number of carbonyl (C=O) groups is 1. The number of nitrogens with zero attached hydrogens (tertiary/aromatic N) is 2. The largest absolute Gasteiger partial charge is 0.379 e. The van der Waals surface area contributed by atoms with Crippen LogP contribution in [0.3, 0.4) is 0 Å². The summed E-state index contributed by atoms with van der Waals surface area (Å²) in [6.07, 6.45) is 0. The predicted octanol–water partition coefficient (Wildman–Crippen LogP) is 2.40. The lowest BCUT2D eigenvalue weighted by Crippen LogP contribution is -2.43. The fraction of sp³-hybridized carbons (Fsp3) is 0.316. The number of non-ortho nitro benzene ring substituents is 1. The van der Waals surface area contributed by atoms with Crippen molar-refractivity contribution in [2.45, 2.75) is 6.04 Å². The molecule has 1 N–H and O–H groups in total. The average Bonchev–Trinajstić information content (AvgIpc) is 2.69. The summed E-state index contributed by atoms with van der Waals surface area (Å²) in [6.45, 7) is 3.44. The molecular weight excluding hydrogens is 334 g/mol. The van der Waals surface area contributed by atoms with E-state index in [-0.39, 0.29) is 17.6 Å². The summed E-state index contributed by atoms with van der Waals surface area (Å²) < 4.78 is 5.43. The van der Waals surface area contributed by atoms with Crippen LogP contribution < -0.4 is 5.32 Å². The third-order valence-corrected chi connectivity index (χ3v) is 4.47. The number of hydrogen-bond acceptors (Lipinski definition) is 5. The van der Waals surface area contributed by atoms with E-state index in [1.165, 1.54) is 24.3 Å². The summed E-state index contributed by atoms with van der Waals surface area (Å²) in [6, 6.07) is 15.7. The van der Waals surface area contributed by atoms with Crippen molar-refractivity contribution in [1.29, 1.82) is 0 Å². The van der Waals surface area contributed by atoms with Crippen LogP contribution in [0.5, 0.6) is 0 Å². The molecule has 1 fully saturated rings. The summed E-state index contributed by atoms with van der Waals surface area (Å²) in [5, 5.41) is 13.7. The normalized spacial score (nSPS) is 16.0. The minimum atomic E-state index is -0.481. The maximum absolute atomic E-state index is 12.4. The first-order chi connectivity index (χ1) is 12.6. The maximum atomic E-state index is 12.4. The number of amides is 1. The van der Waals surface area contributed by atoms with Crippen LogP contribution in [0.25, 0.3) is 0 Å². The first kappa shape index (κ1) is 18.0. The Morgan fingerprint density at radius 1 is 1.12 bits per heavy atom. The highest BCUT2D eigenvalue weighted by Gasteiger charge is 2.23. The molecule has 26 heavy (non-hydrogen) atoms. The fourth-order valence-electron chi connectivity index (χ4n) is 3.05. The summed E-state index contributed by atoms with van der Waals surface area (Å²) in [7, 11) is 0. The van der Waals surface area contributed by atoms with Crippen molar-refractivity contribution in [3.63, 3.8) is 0 Å². The number of nitrogens with one attached hydrogen (secondary N) is 1. The molecule has 0 radical (unpaired) electrons. The lowest BCUT2D eigenvalue weighted by molar-refractivity contribution is -0.384. The van der Waals surface area contributed by atoms with Gasteiger partial charge in [-0.25, -0.2) is 0 Å². The van der Waals surface area contributed by atoms with Crippen molar-refractivity contribution in [2.24, 2.45) is 0 Å². The highest BCUT2D eigenvalue weighted by Crippen LogP contribution is 2.21. The molecule has 0 saturated carbocycles. The van der Waals surface area contributed by atoms with Gasteiger partial charge in [0.15, 0.2) is 0 Å². The van der Waals surface area contributed by atoms with E-state index in [4.69, 9.17) is 4.74 Å². The summed E-state index contributed by atoms with van der Waals surface area (Å²) in [5.74, 6) is -0.242. The Morgan fingerprint density at radius 2 is 1.77 bits per heavy atom. The molecule has 0 aliphatic carbocycles. The zero-order valence-electron chi connectivity index (χ0n) is 14.3. The first-order valence-corrected chi connectivity index (χ1v) is 8.54. The molecule has 2 aromatic carbocycles. The van der Waals surface area contributed by atoms with Gasteiger partial charge in [-0.1, -0.05) is 30.3 Å². The van der Waals surface area contributed by atoms with Gasteiger partial charge < -0.3 is 10.1 Å². The van der Waals surface area contributed by atoms with E-state index >= 15 is 0 Å². The zero-order valence-corrected chi connectivity index (χ0v) is 14.3. The Hall–Kier alpha value is -2.77. The number of benzene rings is 2.